The van der Waals surface area contributed by atoms with Crippen molar-refractivity contribution in [1.29, 1.82) is 0 Å². The number of carbonyl (C=O) groups is 1. The number of nitrogens with one attached hydrogen (secondary N) is 2. The first-order chi connectivity index (χ1) is 14.1. The summed E-state index contributed by atoms with van der Waals surface area (Å²) >= 11 is 0. The van der Waals surface area contributed by atoms with Gasteiger partial charge in [-0.2, -0.15) is 0 Å². The van der Waals surface area contributed by atoms with Crippen LogP contribution >= 0.6 is 0 Å². The molecule has 150 valence electrons. The molecule has 8 heteroatoms. The molecule has 3 rings (SSSR count). The molecule has 0 aliphatic heterocycles. The molecule has 1 aromatic heterocycles. The summed E-state index contributed by atoms with van der Waals surface area (Å²) in [5.74, 6) is 1.52. The van der Waals surface area contributed by atoms with E-state index in [-0.39, 0.29) is 18.1 Å². The Morgan fingerprint density at radius 3 is 2.41 bits per heavy atom. The third-order valence-corrected chi connectivity index (χ3v) is 4.12. The van der Waals surface area contributed by atoms with E-state index < -0.39 is 0 Å². The lowest BCUT2D eigenvalue weighted by Gasteiger charge is -2.10. The second-order valence-corrected chi connectivity index (χ2v) is 6.18. The van der Waals surface area contributed by atoms with Gasteiger partial charge in [0.05, 0.1) is 14.2 Å². The number of methoxy groups -OCH3 is 2. The first-order valence-corrected chi connectivity index (χ1v) is 8.94. The third kappa shape index (κ3) is 5.65. The zero-order chi connectivity index (χ0) is 20.6. The fourth-order valence-corrected chi connectivity index (χ4v) is 2.68. The number of amides is 1. The Balaban J connectivity index is 1.53. The molecule has 0 saturated carbocycles. The lowest BCUT2D eigenvalue weighted by atomic mass is 10.1. The largest absolute Gasteiger partial charge is 0.493 e. The Morgan fingerprint density at radius 2 is 1.72 bits per heavy atom. The van der Waals surface area contributed by atoms with Gasteiger partial charge >= 0.3 is 0 Å². The molecule has 2 aromatic carbocycles. The number of ether oxygens (including phenoxy) is 2. The van der Waals surface area contributed by atoms with Crippen LogP contribution in [0.15, 0.2) is 54.6 Å². The highest BCUT2D eigenvalue weighted by atomic mass is 19.1. The molecule has 0 unspecified atom stereocenters. The number of hydrogen-bond acceptors (Lipinski definition) is 6. The Hall–Kier alpha value is -3.68. The van der Waals surface area contributed by atoms with Crippen LogP contribution in [0.5, 0.6) is 11.5 Å². The predicted octanol–water partition coefficient (Wildman–Crippen LogP) is 3.95. The van der Waals surface area contributed by atoms with Gasteiger partial charge in [0.15, 0.2) is 23.1 Å². The van der Waals surface area contributed by atoms with E-state index in [1.165, 1.54) is 12.1 Å². The van der Waals surface area contributed by atoms with Crippen molar-refractivity contribution in [2.24, 2.45) is 0 Å². The maximum atomic E-state index is 13.2. The number of hydrogen-bond donors (Lipinski definition) is 2. The van der Waals surface area contributed by atoms with Crippen molar-refractivity contribution < 1.29 is 18.7 Å². The molecule has 0 aliphatic rings. The van der Waals surface area contributed by atoms with Gasteiger partial charge in [-0.25, -0.2) is 4.39 Å². The van der Waals surface area contributed by atoms with Crippen molar-refractivity contribution in [1.82, 2.24) is 10.2 Å². The summed E-state index contributed by atoms with van der Waals surface area (Å²) in [7, 11) is 3.14. The summed E-state index contributed by atoms with van der Waals surface area (Å²) < 4.78 is 23.7. The van der Waals surface area contributed by atoms with Crippen LogP contribution in [0.25, 0.3) is 0 Å². The highest BCUT2D eigenvalue weighted by Crippen LogP contribution is 2.28. The second-order valence-electron chi connectivity index (χ2n) is 6.18. The fourth-order valence-electron chi connectivity index (χ4n) is 2.68. The van der Waals surface area contributed by atoms with Crippen LogP contribution in [-0.2, 0) is 11.2 Å². The maximum absolute atomic E-state index is 13.2. The number of aromatic nitrogens is 2. The van der Waals surface area contributed by atoms with Crippen LogP contribution in [0.1, 0.15) is 12.0 Å². The van der Waals surface area contributed by atoms with E-state index in [1.54, 1.807) is 38.5 Å². The van der Waals surface area contributed by atoms with Gasteiger partial charge in [0.2, 0.25) is 5.91 Å². The third-order valence-electron chi connectivity index (χ3n) is 4.12. The van der Waals surface area contributed by atoms with Gasteiger partial charge in [0.1, 0.15) is 5.82 Å². The minimum Gasteiger partial charge on any atom is -0.493 e. The lowest BCUT2D eigenvalue weighted by molar-refractivity contribution is -0.116. The average molecular weight is 396 g/mol. The molecule has 1 amide bonds. The molecule has 0 atom stereocenters. The Morgan fingerprint density at radius 1 is 0.966 bits per heavy atom. The fraction of sp³-hybridized carbons (Fsp3) is 0.190. The molecule has 0 spiro atoms. The van der Waals surface area contributed by atoms with Crippen LogP contribution in [0.3, 0.4) is 0 Å². The highest BCUT2D eigenvalue weighted by Gasteiger charge is 2.08. The van der Waals surface area contributed by atoms with Gasteiger partial charge < -0.3 is 20.1 Å². The van der Waals surface area contributed by atoms with Crippen molar-refractivity contribution in [2.45, 2.75) is 12.8 Å². The number of nitrogens with zero attached hydrogens (tertiary/aromatic N) is 2. The zero-order valence-corrected chi connectivity index (χ0v) is 16.1. The maximum Gasteiger partial charge on any atom is 0.225 e. The summed E-state index contributed by atoms with van der Waals surface area (Å²) in [5.41, 5.74) is 1.52. The Bertz CT molecular complexity index is 980. The lowest BCUT2D eigenvalue weighted by Crippen LogP contribution is -2.14. The SMILES string of the molecule is COc1ccc(CCC(=O)Nc2ccc(Nc3cccc(F)c3)nn2)cc1OC. The second kappa shape index (κ2) is 9.50. The number of halogens is 1. The summed E-state index contributed by atoms with van der Waals surface area (Å²) in [6, 6.07) is 14.8. The molecular weight excluding hydrogens is 375 g/mol. The van der Waals surface area contributed by atoms with Crippen LogP contribution in [0.2, 0.25) is 0 Å². The molecule has 0 saturated heterocycles. The first kappa shape index (κ1) is 20.1. The topological polar surface area (TPSA) is 85.4 Å². The minimum atomic E-state index is -0.346. The number of rotatable bonds is 8. The summed E-state index contributed by atoms with van der Waals surface area (Å²) in [4.78, 5) is 12.2. The Labute approximate surface area is 167 Å². The van der Waals surface area contributed by atoms with Crippen molar-refractivity contribution in [3.8, 4) is 11.5 Å². The van der Waals surface area contributed by atoms with E-state index in [9.17, 15) is 9.18 Å². The van der Waals surface area contributed by atoms with E-state index in [1.807, 2.05) is 18.2 Å². The summed E-state index contributed by atoms with van der Waals surface area (Å²) in [6.07, 6.45) is 0.819. The van der Waals surface area contributed by atoms with Crippen LogP contribution in [0, 0.1) is 5.82 Å². The standard InChI is InChI=1S/C21H21FN4O3/c1-28-17-8-6-14(12-18(17)29-2)7-11-21(27)24-20-10-9-19(25-26-20)23-16-5-3-4-15(22)13-16/h3-6,8-10,12-13H,7,11H2,1-2H3,(H,23,25)(H,24,26,27). The predicted molar refractivity (Wildman–Crippen MR) is 108 cm³/mol. The van der Waals surface area contributed by atoms with Crippen molar-refractivity contribution >= 4 is 23.2 Å². The van der Waals surface area contributed by atoms with E-state index in [0.29, 0.717) is 35.2 Å². The van der Waals surface area contributed by atoms with Gasteiger partial charge in [-0.1, -0.05) is 12.1 Å². The number of aryl methyl sites for hydroxylation is 1. The molecule has 0 aliphatic carbocycles. The average Bonchev–Trinajstić information content (AvgIpc) is 2.73. The molecule has 1 heterocycles. The quantitative estimate of drug-likeness (QED) is 0.600. The molecule has 0 bridgehead atoms. The van der Waals surface area contributed by atoms with Gasteiger partial charge in [-0.3, -0.25) is 4.79 Å². The first-order valence-electron chi connectivity index (χ1n) is 8.94. The molecule has 0 radical (unpaired) electrons. The minimum absolute atomic E-state index is 0.181. The number of anilines is 3. The molecular formula is C21H21FN4O3. The van der Waals surface area contributed by atoms with E-state index in [2.05, 4.69) is 20.8 Å². The summed E-state index contributed by atoms with van der Waals surface area (Å²) in [6.45, 7) is 0. The monoisotopic (exact) mass is 396 g/mol. The Kier molecular flexibility index (Phi) is 6.57. The smallest absolute Gasteiger partial charge is 0.225 e. The molecule has 2 N–H and O–H groups in total. The van der Waals surface area contributed by atoms with Crippen LogP contribution < -0.4 is 20.1 Å². The molecule has 0 fully saturated rings. The highest BCUT2D eigenvalue weighted by molar-refractivity contribution is 5.89. The van der Waals surface area contributed by atoms with Crippen molar-refractivity contribution in [2.75, 3.05) is 24.9 Å². The van der Waals surface area contributed by atoms with E-state index in [0.717, 1.165) is 5.56 Å². The van der Waals surface area contributed by atoms with Gasteiger partial charge in [-0.05, 0) is 54.4 Å². The van der Waals surface area contributed by atoms with Gasteiger partial charge in [0, 0.05) is 12.1 Å². The molecule has 7 nitrogen and oxygen atoms in total. The normalized spacial score (nSPS) is 10.3. The van der Waals surface area contributed by atoms with Crippen molar-refractivity contribution in [3.63, 3.8) is 0 Å². The van der Waals surface area contributed by atoms with Gasteiger partial charge in [-0.15, -0.1) is 10.2 Å². The molecule has 3 aromatic rings. The van der Waals surface area contributed by atoms with E-state index in [4.69, 9.17) is 9.47 Å². The van der Waals surface area contributed by atoms with Crippen molar-refractivity contribution in [3.05, 3.63) is 66.0 Å². The van der Waals surface area contributed by atoms with E-state index >= 15 is 0 Å². The van der Waals surface area contributed by atoms with Gasteiger partial charge in [0.25, 0.3) is 0 Å². The van der Waals surface area contributed by atoms with Crippen LogP contribution in [-0.4, -0.2) is 30.3 Å². The molecule has 29 heavy (non-hydrogen) atoms. The number of carbonyl (C=O) groups excluding carboxylic acids is 1. The van der Waals surface area contributed by atoms with Crippen LogP contribution in [0.4, 0.5) is 21.7 Å². The number of benzene rings is 2. The summed E-state index contributed by atoms with van der Waals surface area (Å²) in [5, 5.41) is 13.6. The zero-order valence-electron chi connectivity index (χ0n) is 16.1.